The summed E-state index contributed by atoms with van der Waals surface area (Å²) in [5.41, 5.74) is 3.79. The number of benzene rings is 1. The second-order valence-corrected chi connectivity index (χ2v) is 9.78. The van der Waals surface area contributed by atoms with Gasteiger partial charge in [0.15, 0.2) is 0 Å². The van der Waals surface area contributed by atoms with Crippen LogP contribution in [0.4, 0.5) is 22.0 Å². The number of nitrogens with zero attached hydrogens (tertiary/aromatic N) is 2. The molecule has 1 unspecified atom stereocenters. The highest BCUT2D eigenvalue weighted by Gasteiger charge is 2.56. The maximum absolute atomic E-state index is 12.2. The molecule has 4 rings (SSSR count). The minimum Gasteiger partial charge on any atom is -0.320 e. The van der Waals surface area contributed by atoms with E-state index in [9.17, 15) is 22.0 Å². The third-order valence-corrected chi connectivity index (χ3v) is 6.52. The Morgan fingerprint density at radius 2 is 1.91 bits per heavy atom. The zero-order valence-electron chi connectivity index (χ0n) is 18.9. The summed E-state index contributed by atoms with van der Waals surface area (Å²) in [7, 11) is 0. The van der Waals surface area contributed by atoms with Crippen molar-refractivity contribution in [3.8, 4) is 0 Å². The molecule has 1 saturated carbocycles. The third-order valence-electron chi connectivity index (χ3n) is 5.84. The molecule has 2 aliphatic rings. The highest BCUT2D eigenvalue weighted by molar-refractivity contribution is 9.10. The highest BCUT2D eigenvalue weighted by Crippen LogP contribution is 2.35. The minimum atomic E-state index is -5.44. The zero-order valence-corrected chi connectivity index (χ0v) is 20.5. The van der Waals surface area contributed by atoms with E-state index in [1.54, 1.807) is 0 Å². The molecule has 2 N–H and O–H groups in total. The first-order valence-electron chi connectivity index (χ1n) is 11.2. The van der Waals surface area contributed by atoms with Gasteiger partial charge in [0.1, 0.15) is 5.82 Å². The van der Waals surface area contributed by atoms with Crippen LogP contribution < -0.4 is 10.6 Å². The van der Waals surface area contributed by atoms with Crippen molar-refractivity contribution in [2.75, 3.05) is 13.1 Å². The Labute approximate surface area is 199 Å². The molecule has 1 fully saturated rings. The first kappa shape index (κ1) is 26.1. The fraction of sp³-hybridized carbons (Fsp3) is 0.609. The lowest BCUT2D eigenvalue weighted by atomic mass is 9.99. The fourth-order valence-corrected chi connectivity index (χ4v) is 4.16. The summed E-state index contributed by atoms with van der Waals surface area (Å²) < 4.78 is 62.6. The number of hydrogen-bond acceptors (Lipinski definition) is 3. The number of nitrogens with one attached hydrogen (secondary N) is 2. The van der Waals surface area contributed by atoms with Crippen LogP contribution in [0, 0.1) is 5.92 Å². The van der Waals surface area contributed by atoms with E-state index in [1.807, 2.05) is 0 Å². The van der Waals surface area contributed by atoms with Gasteiger partial charge < -0.3 is 9.88 Å². The van der Waals surface area contributed by atoms with E-state index in [1.165, 1.54) is 16.8 Å². The van der Waals surface area contributed by atoms with E-state index in [0.29, 0.717) is 11.8 Å². The van der Waals surface area contributed by atoms with E-state index in [2.05, 4.69) is 76.3 Å². The smallest absolute Gasteiger partial charge is 0.320 e. The van der Waals surface area contributed by atoms with E-state index < -0.39 is 18.6 Å². The average molecular weight is 537 g/mol. The van der Waals surface area contributed by atoms with Gasteiger partial charge in [0, 0.05) is 10.7 Å². The van der Waals surface area contributed by atoms with Gasteiger partial charge in [-0.2, -0.15) is 22.0 Å². The van der Waals surface area contributed by atoms with Gasteiger partial charge in [-0.25, -0.2) is 4.98 Å². The van der Waals surface area contributed by atoms with Gasteiger partial charge in [0.25, 0.3) is 0 Å². The van der Waals surface area contributed by atoms with Crippen molar-refractivity contribution in [2.24, 2.45) is 5.92 Å². The zero-order chi connectivity index (χ0) is 24.4. The van der Waals surface area contributed by atoms with Crippen LogP contribution in [0.3, 0.4) is 0 Å². The first-order chi connectivity index (χ1) is 15.4. The molecule has 0 radical (unpaired) electrons. The second-order valence-electron chi connectivity index (χ2n) is 8.92. The molecular weight excluding hydrogens is 507 g/mol. The van der Waals surface area contributed by atoms with E-state index in [4.69, 9.17) is 4.98 Å². The van der Waals surface area contributed by atoms with Crippen molar-refractivity contribution < 1.29 is 22.0 Å². The molecule has 4 nitrogen and oxygen atoms in total. The summed E-state index contributed by atoms with van der Waals surface area (Å²) in [6.45, 7) is 6.36. The van der Waals surface area contributed by atoms with Crippen LogP contribution in [0.1, 0.15) is 68.2 Å². The van der Waals surface area contributed by atoms with Crippen LogP contribution in [-0.2, 0) is 13.1 Å². The monoisotopic (exact) mass is 536 g/mol. The Morgan fingerprint density at radius 3 is 2.45 bits per heavy atom. The summed E-state index contributed by atoms with van der Waals surface area (Å²) in [5.74, 6) is -2.64. The van der Waals surface area contributed by atoms with Gasteiger partial charge in [-0.05, 0) is 54.8 Å². The predicted molar refractivity (Wildman–Crippen MR) is 121 cm³/mol. The number of halogens is 6. The maximum atomic E-state index is 12.2. The molecule has 10 heteroatoms. The molecule has 1 aliphatic carbocycles. The number of fused-ring (bicyclic) bond motifs is 1. The van der Waals surface area contributed by atoms with E-state index >= 15 is 0 Å². The molecule has 1 atom stereocenters. The number of rotatable bonds is 7. The summed E-state index contributed by atoms with van der Waals surface area (Å²) in [6, 6.07) is 6.85. The Balaban J connectivity index is 0.000000205. The van der Waals surface area contributed by atoms with Crippen molar-refractivity contribution in [1.82, 2.24) is 20.2 Å². The Bertz CT molecular complexity index is 937. The molecule has 33 heavy (non-hydrogen) atoms. The van der Waals surface area contributed by atoms with Crippen LogP contribution in [0.2, 0.25) is 0 Å². The van der Waals surface area contributed by atoms with Crippen molar-refractivity contribution in [2.45, 2.75) is 70.8 Å². The van der Waals surface area contributed by atoms with Crippen molar-refractivity contribution in [3.63, 3.8) is 0 Å². The number of aromatic nitrogens is 2. The highest BCUT2D eigenvalue weighted by atomic mass is 79.9. The molecule has 0 bridgehead atoms. The molecule has 1 aromatic heterocycles. The quantitative estimate of drug-likeness (QED) is 0.416. The molecule has 0 amide bonds. The molecule has 0 spiro atoms. The number of imidazole rings is 1. The number of alkyl halides is 5. The Kier molecular flexibility index (Phi) is 8.22. The van der Waals surface area contributed by atoms with Crippen molar-refractivity contribution in [3.05, 3.63) is 51.5 Å². The molecule has 1 aliphatic heterocycles. The van der Waals surface area contributed by atoms with Gasteiger partial charge in [0.05, 0.1) is 24.9 Å². The van der Waals surface area contributed by atoms with Crippen molar-refractivity contribution >= 4 is 15.9 Å². The van der Waals surface area contributed by atoms with Crippen LogP contribution in [0.5, 0.6) is 0 Å². The largest absolute Gasteiger partial charge is 0.454 e. The minimum absolute atomic E-state index is 0.186. The van der Waals surface area contributed by atoms with Gasteiger partial charge >= 0.3 is 12.1 Å². The summed E-state index contributed by atoms with van der Waals surface area (Å²) >= 11 is 3.72. The SMILES string of the molecule is CCc1cn2c(n1)C(c1ccc(C(C)C)cc1Br)NC2.FC(F)(F)C(F)(F)CNCC1CC1. The lowest BCUT2D eigenvalue weighted by molar-refractivity contribution is -0.279. The van der Waals surface area contributed by atoms with Gasteiger partial charge in [-0.3, -0.25) is 5.32 Å². The Morgan fingerprint density at radius 1 is 1.21 bits per heavy atom. The summed E-state index contributed by atoms with van der Waals surface area (Å²) in [5, 5.41) is 5.65. The molecule has 0 saturated heterocycles. The molecule has 1 aromatic carbocycles. The molecule has 184 valence electrons. The molecular formula is C23H30BrF5N4. The van der Waals surface area contributed by atoms with Crippen LogP contribution in [0.25, 0.3) is 0 Å². The predicted octanol–water partition coefficient (Wildman–Crippen LogP) is 6.17. The fourth-order valence-electron chi connectivity index (χ4n) is 3.54. The Hall–Kier alpha value is -1.52. The topological polar surface area (TPSA) is 41.9 Å². The lowest BCUT2D eigenvalue weighted by Crippen LogP contribution is -2.45. The summed E-state index contributed by atoms with van der Waals surface area (Å²) in [4.78, 5) is 4.75. The van der Waals surface area contributed by atoms with Gasteiger partial charge in [-0.1, -0.05) is 48.8 Å². The second kappa shape index (κ2) is 10.4. The number of hydrogen-bond donors (Lipinski definition) is 2. The summed E-state index contributed by atoms with van der Waals surface area (Å²) in [6.07, 6.45) is -0.461. The first-order valence-corrected chi connectivity index (χ1v) is 12.0. The van der Waals surface area contributed by atoms with Crippen LogP contribution in [-0.4, -0.2) is 34.7 Å². The van der Waals surface area contributed by atoms with Crippen molar-refractivity contribution in [1.29, 1.82) is 0 Å². The normalized spacial score (nSPS) is 18.3. The molecule has 2 heterocycles. The average Bonchev–Trinajstić information content (AvgIpc) is 3.33. The third kappa shape index (κ3) is 6.54. The van der Waals surface area contributed by atoms with Crippen LogP contribution >= 0.6 is 15.9 Å². The number of aryl methyl sites for hydroxylation is 1. The van der Waals surface area contributed by atoms with Gasteiger partial charge in [-0.15, -0.1) is 0 Å². The van der Waals surface area contributed by atoms with Gasteiger partial charge in [0.2, 0.25) is 0 Å². The van der Waals surface area contributed by atoms with E-state index in [-0.39, 0.29) is 12.6 Å². The maximum Gasteiger partial charge on any atom is 0.454 e. The van der Waals surface area contributed by atoms with Crippen LogP contribution in [0.15, 0.2) is 28.9 Å². The lowest BCUT2D eigenvalue weighted by Gasteiger charge is -2.19. The standard InChI is InChI=1S/C16H20BrN3.C7H10F5N/c1-4-12-8-20-9-18-15(16(20)19-12)13-6-5-11(10(2)3)7-14(13)17;8-6(9,7(10,11)12)4-13-3-5-1-2-5/h5-8,10,15,18H,4,9H2,1-3H3;5,13H,1-4H2. The van der Waals surface area contributed by atoms with E-state index in [0.717, 1.165) is 36.2 Å². The molecule has 2 aromatic rings.